The number of nitrogens with two attached hydrogens (primary N) is 1. The van der Waals surface area contributed by atoms with Crippen LogP contribution >= 0.6 is 27.3 Å². The normalized spacial score (nSPS) is 14.9. The van der Waals surface area contributed by atoms with E-state index in [4.69, 9.17) is 10.6 Å². The summed E-state index contributed by atoms with van der Waals surface area (Å²) in [5.74, 6) is 6.82. The van der Waals surface area contributed by atoms with Crippen molar-refractivity contribution in [2.45, 2.75) is 32.7 Å². The van der Waals surface area contributed by atoms with Crippen LogP contribution in [0.4, 0.5) is 0 Å². The lowest BCUT2D eigenvalue weighted by atomic mass is 10.0. The molecule has 0 spiro atoms. The minimum absolute atomic E-state index is 0.0544. The topological polar surface area (TPSA) is 60.2 Å². The van der Waals surface area contributed by atoms with E-state index in [0.717, 1.165) is 40.4 Å². The van der Waals surface area contributed by atoms with Crippen molar-refractivity contribution in [3.05, 3.63) is 43.3 Å². The number of aromatic nitrogens is 1. The van der Waals surface area contributed by atoms with Crippen molar-refractivity contribution in [3.8, 4) is 5.75 Å². The molecule has 1 unspecified atom stereocenters. The highest BCUT2D eigenvalue weighted by Crippen LogP contribution is 2.36. The van der Waals surface area contributed by atoms with Crippen LogP contribution in [0.5, 0.6) is 5.75 Å². The maximum atomic E-state index is 5.80. The third kappa shape index (κ3) is 2.99. The molecule has 2 aromatic rings. The van der Waals surface area contributed by atoms with Crippen LogP contribution in [-0.2, 0) is 12.8 Å². The average Bonchev–Trinajstić information content (AvgIpc) is 3.02. The summed E-state index contributed by atoms with van der Waals surface area (Å²) in [6.45, 7) is 4.82. The van der Waals surface area contributed by atoms with Gasteiger partial charge in [-0.1, -0.05) is 15.9 Å². The van der Waals surface area contributed by atoms with Gasteiger partial charge in [0.2, 0.25) is 0 Å². The van der Waals surface area contributed by atoms with E-state index in [1.54, 1.807) is 11.3 Å². The molecule has 0 radical (unpaired) electrons. The van der Waals surface area contributed by atoms with E-state index in [2.05, 4.69) is 38.5 Å². The van der Waals surface area contributed by atoms with Crippen LogP contribution in [0.3, 0.4) is 0 Å². The fourth-order valence-electron chi connectivity index (χ4n) is 2.82. The van der Waals surface area contributed by atoms with Gasteiger partial charge in [0.25, 0.3) is 0 Å². The molecule has 0 saturated carbocycles. The lowest BCUT2D eigenvalue weighted by Gasteiger charge is -2.17. The first-order chi connectivity index (χ1) is 10.1. The molecule has 1 atom stereocenters. The van der Waals surface area contributed by atoms with Crippen molar-refractivity contribution in [1.82, 2.24) is 10.4 Å². The maximum absolute atomic E-state index is 5.80. The first-order valence-electron chi connectivity index (χ1n) is 6.92. The average molecular weight is 368 g/mol. The highest BCUT2D eigenvalue weighted by molar-refractivity contribution is 9.10. The SMILES string of the molecule is Cc1nc(C)c(C(Cc2cc(Br)cc3c2OCC3)NN)s1. The van der Waals surface area contributed by atoms with Gasteiger partial charge in [-0.25, -0.2) is 4.98 Å². The Bertz CT molecular complexity index is 671. The zero-order chi connectivity index (χ0) is 15.0. The Kier molecular flexibility index (Phi) is 4.31. The Balaban J connectivity index is 1.93. The lowest BCUT2D eigenvalue weighted by Crippen LogP contribution is -2.29. The standard InChI is InChI=1S/C15H18BrN3OS/c1-8-15(21-9(2)18-8)13(19-17)7-11-6-12(16)5-10-3-4-20-14(10)11/h5-6,13,19H,3-4,7,17H2,1-2H3. The maximum Gasteiger partial charge on any atom is 0.125 e. The van der Waals surface area contributed by atoms with Crippen molar-refractivity contribution < 1.29 is 4.74 Å². The van der Waals surface area contributed by atoms with Gasteiger partial charge in [0.05, 0.1) is 23.4 Å². The molecule has 1 aromatic heterocycles. The van der Waals surface area contributed by atoms with Crippen molar-refractivity contribution in [2.75, 3.05) is 6.61 Å². The van der Waals surface area contributed by atoms with Crippen LogP contribution in [0.15, 0.2) is 16.6 Å². The van der Waals surface area contributed by atoms with Crippen molar-refractivity contribution in [1.29, 1.82) is 0 Å². The highest BCUT2D eigenvalue weighted by Gasteiger charge is 2.22. The first-order valence-corrected chi connectivity index (χ1v) is 8.53. The minimum atomic E-state index is 0.0544. The van der Waals surface area contributed by atoms with Gasteiger partial charge in [-0.3, -0.25) is 11.3 Å². The van der Waals surface area contributed by atoms with E-state index in [0.29, 0.717) is 0 Å². The molecule has 21 heavy (non-hydrogen) atoms. The molecule has 0 bridgehead atoms. The molecular formula is C15H18BrN3OS. The Morgan fingerprint density at radius 2 is 2.29 bits per heavy atom. The quantitative estimate of drug-likeness (QED) is 0.643. The summed E-state index contributed by atoms with van der Waals surface area (Å²) >= 11 is 5.28. The van der Waals surface area contributed by atoms with Crippen LogP contribution in [0.2, 0.25) is 0 Å². The van der Waals surface area contributed by atoms with Crippen LogP contribution in [0.1, 0.15) is 32.7 Å². The number of aryl methyl sites for hydroxylation is 2. The summed E-state index contributed by atoms with van der Waals surface area (Å²) in [6, 6.07) is 4.31. The predicted octanol–water partition coefficient (Wildman–Crippen LogP) is 3.20. The summed E-state index contributed by atoms with van der Waals surface area (Å²) in [6.07, 6.45) is 1.77. The number of ether oxygens (including phenoxy) is 1. The summed E-state index contributed by atoms with van der Waals surface area (Å²) < 4.78 is 6.89. The molecule has 1 aliphatic rings. The van der Waals surface area contributed by atoms with E-state index < -0.39 is 0 Å². The number of fused-ring (bicyclic) bond motifs is 1. The molecule has 4 nitrogen and oxygen atoms in total. The monoisotopic (exact) mass is 367 g/mol. The number of halogens is 1. The fraction of sp³-hybridized carbons (Fsp3) is 0.400. The zero-order valence-corrected chi connectivity index (χ0v) is 14.5. The Hall–Kier alpha value is -0.950. The third-order valence-corrected chi connectivity index (χ3v) is 5.35. The Morgan fingerprint density at radius 3 is 2.95 bits per heavy atom. The van der Waals surface area contributed by atoms with Crippen LogP contribution in [0.25, 0.3) is 0 Å². The molecule has 1 aliphatic heterocycles. The number of benzene rings is 1. The van der Waals surface area contributed by atoms with E-state index in [1.807, 2.05) is 13.8 Å². The second kappa shape index (κ2) is 6.04. The van der Waals surface area contributed by atoms with Crippen molar-refractivity contribution in [3.63, 3.8) is 0 Å². The molecular weight excluding hydrogens is 350 g/mol. The largest absolute Gasteiger partial charge is 0.493 e. The van der Waals surface area contributed by atoms with E-state index in [1.165, 1.54) is 16.0 Å². The second-order valence-corrected chi connectivity index (χ2v) is 7.41. The summed E-state index contributed by atoms with van der Waals surface area (Å²) in [5, 5.41) is 1.07. The minimum Gasteiger partial charge on any atom is -0.493 e. The fourth-order valence-corrected chi connectivity index (χ4v) is 4.36. The van der Waals surface area contributed by atoms with E-state index in [9.17, 15) is 0 Å². The van der Waals surface area contributed by atoms with Crippen molar-refractivity contribution in [2.24, 2.45) is 5.84 Å². The van der Waals surface area contributed by atoms with Gasteiger partial charge in [-0.05, 0) is 43.5 Å². The Labute approximate surface area is 136 Å². The summed E-state index contributed by atoms with van der Waals surface area (Å²) in [4.78, 5) is 5.69. The molecule has 2 heterocycles. The van der Waals surface area contributed by atoms with Crippen LogP contribution in [0, 0.1) is 13.8 Å². The van der Waals surface area contributed by atoms with Gasteiger partial charge in [0.15, 0.2) is 0 Å². The Morgan fingerprint density at radius 1 is 1.48 bits per heavy atom. The number of nitrogens with zero attached hydrogens (tertiary/aromatic N) is 1. The van der Waals surface area contributed by atoms with Gasteiger partial charge in [0, 0.05) is 15.8 Å². The zero-order valence-electron chi connectivity index (χ0n) is 12.1. The summed E-state index contributed by atoms with van der Waals surface area (Å²) in [7, 11) is 0. The predicted molar refractivity (Wildman–Crippen MR) is 88.7 cm³/mol. The van der Waals surface area contributed by atoms with Crippen LogP contribution < -0.4 is 16.0 Å². The molecule has 6 heteroatoms. The number of hydrogen-bond donors (Lipinski definition) is 2. The van der Waals surface area contributed by atoms with E-state index in [-0.39, 0.29) is 6.04 Å². The molecule has 0 amide bonds. The molecule has 3 rings (SSSR count). The number of hydrogen-bond acceptors (Lipinski definition) is 5. The highest BCUT2D eigenvalue weighted by atomic mass is 79.9. The van der Waals surface area contributed by atoms with Crippen LogP contribution in [-0.4, -0.2) is 11.6 Å². The van der Waals surface area contributed by atoms with Gasteiger partial charge in [-0.2, -0.15) is 0 Å². The molecule has 112 valence electrons. The van der Waals surface area contributed by atoms with Crippen molar-refractivity contribution >= 4 is 27.3 Å². The third-order valence-electron chi connectivity index (χ3n) is 3.71. The number of nitrogens with one attached hydrogen (secondary N) is 1. The summed E-state index contributed by atoms with van der Waals surface area (Å²) in [5.41, 5.74) is 6.44. The molecule has 3 N–H and O–H groups in total. The molecule has 0 aliphatic carbocycles. The molecule has 0 saturated heterocycles. The number of hydrazine groups is 1. The van der Waals surface area contributed by atoms with Gasteiger partial charge in [0.1, 0.15) is 5.75 Å². The van der Waals surface area contributed by atoms with Gasteiger partial charge >= 0.3 is 0 Å². The first kappa shape index (κ1) is 15.0. The van der Waals surface area contributed by atoms with Gasteiger partial charge < -0.3 is 4.74 Å². The number of rotatable bonds is 4. The lowest BCUT2D eigenvalue weighted by molar-refractivity contribution is 0.351. The van der Waals surface area contributed by atoms with Gasteiger partial charge in [-0.15, -0.1) is 11.3 Å². The smallest absolute Gasteiger partial charge is 0.125 e. The van der Waals surface area contributed by atoms with E-state index >= 15 is 0 Å². The number of thiazole rings is 1. The molecule has 0 fully saturated rings. The molecule has 1 aromatic carbocycles. The second-order valence-electron chi connectivity index (χ2n) is 5.26.